The second kappa shape index (κ2) is 8.66. The molecule has 0 saturated heterocycles. The monoisotopic (exact) mass is 531 g/mol. The zero-order valence-corrected chi connectivity index (χ0v) is 18.7. The quantitative estimate of drug-likeness (QED) is 0.456. The summed E-state index contributed by atoms with van der Waals surface area (Å²) in [6, 6.07) is 17.7. The first-order chi connectivity index (χ1) is 14.9. The van der Waals surface area contributed by atoms with Gasteiger partial charge in [0.25, 0.3) is 0 Å². The molecule has 0 radical (unpaired) electrons. The van der Waals surface area contributed by atoms with Crippen LogP contribution in [-0.2, 0) is 16.0 Å². The largest absolute Gasteiger partial charge is 0.480 e. The van der Waals surface area contributed by atoms with Gasteiger partial charge in [-0.3, -0.25) is 4.90 Å². The predicted octanol–water partition coefficient (Wildman–Crippen LogP) is 5.26. The number of methoxy groups -OCH3 is 1. The summed E-state index contributed by atoms with van der Waals surface area (Å²) in [5.74, 6) is -1.74. The summed E-state index contributed by atoms with van der Waals surface area (Å²) in [5, 5.41) is 10.1. The minimum absolute atomic E-state index is 0.187. The van der Waals surface area contributed by atoms with Gasteiger partial charge in [-0.05, 0) is 68.6 Å². The summed E-state index contributed by atoms with van der Waals surface area (Å²) >= 11 is 2.04. The number of carbonyl (C=O) groups is 2. The van der Waals surface area contributed by atoms with Gasteiger partial charge >= 0.3 is 12.1 Å². The average molecular weight is 531 g/mol. The highest BCUT2D eigenvalue weighted by Gasteiger charge is 2.42. The van der Waals surface area contributed by atoms with Crippen molar-refractivity contribution >= 4 is 34.7 Å². The fraction of sp³-hybridized carbons (Fsp3) is 0.167. The van der Waals surface area contributed by atoms with Crippen molar-refractivity contribution in [3.63, 3.8) is 0 Å². The molecule has 3 aromatic rings. The third kappa shape index (κ3) is 3.89. The fourth-order valence-corrected chi connectivity index (χ4v) is 4.72. The molecular formula is C24H19FINO4. The van der Waals surface area contributed by atoms with Crippen molar-refractivity contribution in [1.29, 1.82) is 0 Å². The van der Waals surface area contributed by atoms with Crippen molar-refractivity contribution in [1.82, 2.24) is 4.90 Å². The van der Waals surface area contributed by atoms with Gasteiger partial charge in [-0.1, -0.05) is 48.5 Å². The number of fused-ring (bicyclic) bond motifs is 3. The smallest absolute Gasteiger partial charge is 0.411 e. The van der Waals surface area contributed by atoms with Gasteiger partial charge in [0, 0.05) is 9.99 Å². The van der Waals surface area contributed by atoms with Crippen LogP contribution in [0.15, 0.2) is 66.7 Å². The van der Waals surface area contributed by atoms with Gasteiger partial charge in [-0.25, -0.2) is 14.0 Å². The molecule has 158 valence electrons. The third-order valence-corrected chi connectivity index (χ3v) is 6.18. The lowest BCUT2D eigenvalue weighted by molar-refractivity contribution is -0.143. The van der Waals surface area contributed by atoms with Crippen molar-refractivity contribution in [3.05, 3.63) is 92.8 Å². The molecule has 1 aliphatic rings. The Balaban J connectivity index is 1.86. The lowest BCUT2D eigenvalue weighted by Gasteiger charge is -2.34. The van der Waals surface area contributed by atoms with Crippen molar-refractivity contribution in [2.24, 2.45) is 0 Å². The Labute approximate surface area is 192 Å². The van der Waals surface area contributed by atoms with E-state index in [0.29, 0.717) is 0 Å². The maximum Gasteiger partial charge on any atom is 0.411 e. The maximum absolute atomic E-state index is 14.5. The van der Waals surface area contributed by atoms with Crippen LogP contribution in [0.4, 0.5) is 9.18 Å². The molecule has 0 fully saturated rings. The first-order valence-electron chi connectivity index (χ1n) is 9.63. The van der Waals surface area contributed by atoms with E-state index in [0.717, 1.165) is 25.8 Å². The molecule has 4 rings (SSSR count). The first-order valence-corrected chi connectivity index (χ1v) is 10.7. The highest BCUT2D eigenvalue weighted by molar-refractivity contribution is 14.1. The van der Waals surface area contributed by atoms with Crippen molar-refractivity contribution < 1.29 is 23.8 Å². The number of hydrogen-bond acceptors (Lipinski definition) is 3. The Morgan fingerprint density at radius 2 is 1.65 bits per heavy atom. The molecule has 0 aromatic heterocycles. The molecule has 3 aromatic carbocycles. The SMILES string of the molecule is COC(=O)N(C1c2ccccc2-c2ccccc21)[C@@H](Cc1cc(I)ccc1F)C(=O)O. The van der Waals surface area contributed by atoms with E-state index in [1.807, 2.05) is 71.1 Å². The highest BCUT2D eigenvalue weighted by Crippen LogP contribution is 2.47. The third-order valence-electron chi connectivity index (χ3n) is 5.51. The number of nitrogens with zero attached hydrogens (tertiary/aromatic N) is 1. The minimum Gasteiger partial charge on any atom is -0.480 e. The van der Waals surface area contributed by atoms with Crippen LogP contribution in [0.2, 0.25) is 0 Å². The Hall–Kier alpha value is -2.94. The number of carbonyl (C=O) groups excluding carboxylic acids is 1. The molecule has 1 atom stereocenters. The fourth-order valence-electron chi connectivity index (χ4n) is 4.16. The molecule has 7 heteroatoms. The van der Waals surface area contributed by atoms with E-state index in [4.69, 9.17) is 4.74 Å². The Kier molecular flexibility index (Phi) is 5.95. The maximum atomic E-state index is 14.5. The van der Waals surface area contributed by atoms with Crippen LogP contribution in [0.3, 0.4) is 0 Å². The van der Waals surface area contributed by atoms with E-state index in [1.165, 1.54) is 18.1 Å². The van der Waals surface area contributed by atoms with Gasteiger partial charge in [0.05, 0.1) is 13.2 Å². The summed E-state index contributed by atoms with van der Waals surface area (Å²) in [4.78, 5) is 26.5. The van der Waals surface area contributed by atoms with Gasteiger partial charge in [0.1, 0.15) is 11.9 Å². The van der Waals surface area contributed by atoms with Gasteiger partial charge in [-0.2, -0.15) is 0 Å². The van der Waals surface area contributed by atoms with Crippen LogP contribution in [0.25, 0.3) is 11.1 Å². The number of halogens is 2. The number of carboxylic acids is 1. The molecule has 0 spiro atoms. The summed E-state index contributed by atoms with van der Waals surface area (Å²) in [6.07, 6.45) is -0.969. The van der Waals surface area contributed by atoms with Crippen LogP contribution < -0.4 is 0 Å². The van der Waals surface area contributed by atoms with Gasteiger partial charge in [0.2, 0.25) is 0 Å². The summed E-state index contributed by atoms with van der Waals surface area (Å²) < 4.78 is 20.2. The molecule has 1 aliphatic carbocycles. The number of rotatable bonds is 5. The first kappa shape index (κ1) is 21.3. The number of ether oxygens (including phenoxy) is 1. The van der Waals surface area contributed by atoms with Crippen LogP contribution in [0.5, 0.6) is 0 Å². The second-order valence-electron chi connectivity index (χ2n) is 7.25. The van der Waals surface area contributed by atoms with E-state index < -0.39 is 30.0 Å². The van der Waals surface area contributed by atoms with Crippen LogP contribution in [0.1, 0.15) is 22.7 Å². The standard InChI is InChI=1S/C24H19FINO4/c1-31-24(30)27(21(23(28)29)13-14-12-15(26)10-11-20(14)25)22-18-8-4-2-6-16(18)17-7-3-5-9-19(17)22/h2-12,21-22H,13H2,1H3,(H,28,29)/t21-/m0/s1. The molecule has 5 nitrogen and oxygen atoms in total. The number of amides is 1. The van der Waals surface area contributed by atoms with E-state index in [-0.39, 0.29) is 12.0 Å². The van der Waals surface area contributed by atoms with Crippen LogP contribution >= 0.6 is 22.6 Å². The normalized spacial score (nSPS) is 13.3. The summed E-state index contributed by atoms with van der Waals surface area (Å²) in [7, 11) is 1.22. The van der Waals surface area contributed by atoms with Gasteiger partial charge in [-0.15, -0.1) is 0 Å². The summed E-state index contributed by atoms with van der Waals surface area (Å²) in [6.45, 7) is 0. The molecule has 0 bridgehead atoms. The molecule has 0 unspecified atom stereocenters. The molecule has 0 heterocycles. The number of benzene rings is 3. The Bertz CT molecular complexity index is 1120. The molecule has 31 heavy (non-hydrogen) atoms. The number of carboxylic acid groups (broad SMARTS) is 1. The van der Waals surface area contributed by atoms with Crippen molar-refractivity contribution in [2.75, 3.05) is 7.11 Å². The highest BCUT2D eigenvalue weighted by atomic mass is 127. The molecular weight excluding hydrogens is 512 g/mol. The Morgan fingerprint density at radius 1 is 1.06 bits per heavy atom. The zero-order chi connectivity index (χ0) is 22.1. The van der Waals surface area contributed by atoms with Crippen molar-refractivity contribution in [2.45, 2.75) is 18.5 Å². The van der Waals surface area contributed by atoms with Crippen molar-refractivity contribution in [3.8, 4) is 11.1 Å². The van der Waals surface area contributed by atoms with Crippen LogP contribution in [-0.4, -0.2) is 35.2 Å². The van der Waals surface area contributed by atoms with Gasteiger partial charge < -0.3 is 9.84 Å². The molecule has 0 aliphatic heterocycles. The predicted molar refractivity (Wildman–Crippen MR) is 122 cm³/mol. The summed E-state index contributed by atoms with van der Waals surface area (Å²) in [5.41, 5.74) is 3.71. The van der Waals surface area contributed by atoms with E-state index in [1.54, 1.807) is 12.1 Å². The Morgan fingerprint density at radius 3 is 2.19 bits per heavy atom. The number of aliphatic carboxylic acids is 1. The lowest BCUT2D eigenvalue weighted by Crippen LogP contribution is -2.48. The zero-order valence-electron chi connectivity index (χ0n) is 16.6. The minimum atomic E-state index is -1.33. The van der Waals surface area contributed by atoms with E-state index in [2.05, 4.69) is 0 Å². The van der Waals surface area contributed by atoms with E-state index >= 15 is 0 Å². The van der Waals surface area contributed by atoms with E-state index in [9.17, 15) is 19.1 Å². The van der Waals surface area contributed by atoms with Gasteiger partial charge in [0.15, 0.2) is 0 Å². The molecule has 0 saturated carbocycles. The second-order valence-corrected chi connectivity index (χ2v) is 8.49. The topological polar surface area (TPSA) is 66.8 Å². The van der Waals surface area contributed by atoms with Crippen LogP contribution in [0, 0.1) is 9.39 Å². The molecule has 1 amide bonds. The number of hydrogen-bond donors (Lipinski definition) is 1. The lowest BCUT2D eigenvalue weighted by atomic mass is 9.98. The average Bonchev–Trinajstić information content (AvgIpc) is 3.10. The molecule has 1 N–H and O–H groups in total.